The van der Waals surface area contributed by atoms with Gasteiger partial charge in [-0.3, -0.25) is 4.79 Å². The molecule has 22 heavy (non-hydrogen) atoms. The summed E-state index contributed by atoms with van der Waals surface area (Å²) < 4.78 is 7.08. The molecule has 3 rings (SSSR count). The van der Waals surface area contributed by atoms with Gasteiger partial charge in [0.25, 0.3) is 5.91 Å². The molecule has 0 bridgehead atoms. The van der Waals surface area contributed by atoms with Crippen molar-refractivity contribution in [3.05, 3.63) is 40.5 Å². The van der Waals surface area contributed by atoms with Crippen molar-refractivity contribution in [2.24, 2.45) is 0 Å². The maximum atomic E-state index is 12.7. The fourth-order valence-electron chi connectivity index (χ4n) is 2.61. The molecular weight excluding hydrogens is 316 g/mol. The Labute approximate surface area is 138 Å². The predicted octanol–water partition coefficient (Wildman–Crippen LogP) is 3.09. The molecule has 0 atom stereocenters. The van der Waals surface area contributed by atoms with Gasteiger partial charge in [-0.2, -0.15) is 11.8 Å². The quantitative estimate of drug-likeness (QED) is 0.825. The number of carbonyl (C=O) groups excluding carboxylic acids is 1. The van der Waals surface area contributed by atoms with Gasteiger partial charge in [0.2, 0.25) is 0 Å². The molecule has 0 fully saturated rings. The number of ether oxygens (including phenoxy) is 1. The fourth-order valence-corrected chi connectivity index (χ4v) is 5.05. The van der Waals surface area contributed by atoms with Crippen LogP contribution in [0.15, 0.2) is 24.5 Å². The number of fused-ring (bicyclic) bond motifs is 1. The van der Waals surface area contributed by atoms with Crippen molar-refractivity contribution >= 4 is 29.0 Å². The Kier molecular flexibility index (Phi) is 5.23. The van der Waals surface area contributed by atoms with Gasteiger partial charge in [0.1, 0.15) is 5.00 Å². The van der Waals surface area contributed by atoms with Crippen LogP contribution in [0.1, 0.15) is 27.2 Å². The lowest BCUT2D eigenvalue weighted by atomic mass is 10.1. The molecule has 0 aromatic carbocycles. The number of amides is 1. The molecule has 2 aromatic heterocycles. The third-order valence-electron chi connectivity index (χ3n) is 3.68. The summed E-state index contributed by atoms with van der Waals surface area (Å²) in [5.74, 6) is 2.16. The summed E-state index contributed by atoms with van der Waals surface area (Å²) >= 11 is 3.69. The molecule has 0 radical (unpaired) electrons. The maximum absolute atomic E-state index is 12.7. The molecule has 1 aliphatic rings. The number of nitrogens with zero attached hydrogens (tertiary/aromatic N) is 1. The van der Waals surface area contributed by atoms with Crippen molar-refractivity contribution in [2.45, 2.75) is 18.6 Å². The molecular formula is C16H20N2O2S2. The number of rotatable bonds is 6. The zero-order valence-corrected chi connectivity index (χ0v) is 14.3. The van der Waals surface area contributed by atoms with Gasteiger partial charge in [-0.05, 0) is 36.3 Å². The van der Waals surface area contributed by atoms with Crippen LogP contribution < -0.4 is 5.32 Å². The summed E-state index contributed by atoms with van der Waals surface area (Å²) in [7, 11) is 1.68. The smallest absolute Gasteiger partial charge is 0.254 e. The summed E-state index contributed by atoms with van der Waals surface area (Å²) in [6.07, 6.45) is 5.83. The highest BCUT2D eigenvalue weighted by molar-refractivity contribution is 7.98. The van der Waals surface area contributed by atoms with E-state index in [9.17, 15) is 4.79 Å². The lowest BCUT2D eigenvalue weighted by molar-refractivity contribution is 0.0948. The minimum Gasteiger partial charge on any atom is -0.385 e. The number of thiophene rings is 1. The van der Waals surface area contributed by atoms with Crippen LogP contribution >= 0.6 is 23.1 Å². The predicted molar refractivity (Wildman–Crippen MR) is 92.3 cm³/mol. The highest BCUT2D eigenvalue weighted by Crippen LogP contribution is 2.38. The van der Waals surface area contributed by atoms with Crippen molar-refractivity contribution in [3.63, 3.8) is 0 Å². The first-order valence-electron chi connectivity index (χ1n) is 7.44. The lowest BCUT2D eigenvalue weighted by Gasteiger charge is -2.13. The molecule has 1 amide bonds. The summed E-state index contributed by atoms with van der Waals surface area (Å²) in [6, 6.07) is 3.99. The zero-order chi connectivity index (χ0) is 15.4. The summed E-state index contributed by atoms with van der Waals surface area (Å²) in [4.78, 5) is 14.0. The molecule has 0 unspecified atom stereocenters. The maximum Gasteiger partial charge on any atom is 0.254 e. The van der Waals surface area contributed by atoms with Gasteiger partial charge in [-0.15, -0.1) is 11.3 Å². The molecule has 1 N–H and O–H groups in total. The molecule has 0 saturated heterocycles. The van der Waals surface area contributed by atoms with E-state index in [1.165, 1.54) is 10.4 Å². The second-order valence-electron chi connectivity index (χ2n) is 5.18. The van der Waals surface area contributed by atoms with E-state index in [4.69, 9.17) is 4.74 Å². The Morgan fingerprint density at radius 1 is 1.41 bits per heavy atom. The molecule has 6 heteroatoms. The van der Waals surface area contributed by atoms with E-state index < -0.39 is 0 Å². The van der Waals surface area contributed by atoms with E-state index in [-0.39, 0.29) is 5.91 Å². The minimum atomic E-state index is 0.0456. The summed E-state index contributed by atoms with van der Waals surface area (Å²) in [5, 5.41) is 4.08. The normalized spacial score (nSPS) is 13.9. The topological polar surface area (TPSA) is 43.3 Å². The van der Waals surface area contributed by atoms with Gasteiger partial charge in [-0.1, -0.05) is 0 Å². The Morgan fingerprint density at radius 3 is 3.00 bits per heavy atom. The van der Waals surface area contributed by atoms with Crippen molar-refractivity contribution in [2.75, 3.05) is 26.0 Å². The number of aromatic nitrogens is 1. The molecule has 2 aromatic rings. The minimum absolute atomic E-state index is 0.0456. The number of thioether (sulfide) groups is 1. The van der Waals surface area contributed by atoms with Crippen LogP contribution in [-0.2, 0) is 16.9 Å². The van der Waals surface area contributed by atoms with Gasteiger partial charge in [-0.25, -0.2) is 0 Å². The summed E-state index contributed by atoms with van der Waals surface area (Å²) in [6.45, 7) is 1.32. The molecule has 4 nitrogen and oxygen atoms in total. The summed E-state index contributed by atoms with van der Waals surface area (Å²) in [5.41, 5.74) is 2.12. The molecule has 0 saturated carbocycles. The standard InChI is InChI=1S/C16H20N2O2S2/c1-20-9-4-6-17-15(19)14-12-5-10-21-11-13(12)22-16(14)18-7-2-3-8-18/h2-3,7-8H,4-6,9-11H2,1H3,(H,17,19). The van der Waals surface area contributed by atoms with E-state index in [1.807, 2.05) is 36.3 Å². The number of hydrogen-bond acceptors (Lipinski definition) is 4. The Balaban J connectivity index is 1.87. The molecule has 0 aliphatic carbocycles. The highest BCUT2D eigenvalue weighted by atomic mass is 32.2. The van der Waals surface area contributed by atoms with Crippen LogP contribution in [0.3, 0.4) is 0 Å². The largest absolute Gasteiger partial charge is 0.385 e. The first-order valence-corrected chi connectivity index (χ1v) is 9.41. The Bertz CT molecular complexity index is 635. The molecule has 0 spiro atoms. The monoisotopic (exact) mass is 336 g/mol. The molecule has 3 heterocycles. The number of methoxy groups -OCH3 is 1. The van der Waals surface area contributed by atoms with Gasteiger partial charge in [0.15, 0.2) is 0 Å². The van der Waals surface area contributed by atoms with E-state index in [0.29, 0.717) is 13.2 Å². The zero-order valence-electron chi connectivity index (χ0n) is 12.6. The van der Waals surface area contributed by atoms with Gasteiger partial charge in [0, 0.05) is 43.3 Å². The Morgan fingerprint density at radius 2 is 2.23 bits per heavy atom. The number of nitrogens with one attached hydrogen (secondary N) is 1. The van der Waals surface area contributed by atoms with Gasteiger partial charge >= 0.3 is 0 Å². The average Bonchev–Trinajstić information content (AvgIpc) is 3.17. The van der Waals surface area contributed by atoms with Gasteiger partial charge < -0.3 is 14.6 Å². The third-order valence-corrected chi connectivity index (χ3v) is 6.09. The average molecular weight is 336 g/mol. The second kappa shape index (κ2) is 7.35. The van der Waals surface area contributed by atoms with Gasteiger partial charge in [0.05, 0.1) is 5.56 Å². The highest BCUT2D eigenvalue weighted by Gasteiger charge is 2.26. The van der Waals surface area contributed by atoms with Crippen LogP contribution in [0, 0.1) is 0 Å². The first kappa shape index (κ1) is 15.6. The molecule has 1 aliphatic heterocycles. The van der Waals surface area contributed by atoms with Crippen LogP contribution in [0.4, 0.5) is 0 Å². The van der Waals surface area contributed by atoms with Crippen molar-refractivity contribution < 1.29 is 9.53 Å². The SMILES string of the molecule is COCCCNC(=O)c1c(-n2cccc2)sc2c1CCSC2. The van der Waals surface area contributed by atoms with E-state index >= 15 is 0 Å². The van der Waals surface area contributed by atoms with E-state index in [1.54, 1.807) is 18.4 Å². The second-order valence-corrected chi connectivity index (χ2v) is 7.37. The fraction of sp³-hybridized carbons (Fsp3) is 0.438. The van der Waals surface area contributed by atoms with E-state index in [0.717, 1.165) is 34.9 Å². The lowest BCUT2D eigenvalue weighted by Crippen LogP contribution is -2.27. The van der Waals surface area contributed by atoms with Crippen molar-refractivity contribution in [1.29, 1.82) is 0 Å². The van der Waals surface area contributed by atoms with Crippen LogP contribution in [0.2, 0.25) is 0 Å². The Hall–Kier alpha value is -1.24. The van der Waals surface area contributed by atoms with Crippen LogP contribution in [0.5, 0.6) is 0 Å². The number of carbonyl (C=O) groups is 1. The van der Waals surface area contributed by atoms with Crippen LogP contribution in [0.25, 0.3) is 5.00 Å². The first-order chi connectivity index (χ1) is 10.8. The van der Waals surface area contributed by atoms with Crippen molar-refractivity contribution in [3.8, 4) is 5.00 Å². The van der Waals surface area contributed by atoms with Crippen LogP contribution in [-0.4, -0.2) is 36.5 Å². The molecule has 118 valence electrons. The van der Waals surface area contributed by atoms with Crippen molar-refractivity contribution in [1.82, 2.24) is 9.88 Å². The number of hydrogen-bond donors (Lipinski definition) is 1. The third kappa shape index (κ3) is 3.24. The van der Waals surface area contributed by atoms with E-state index in [2.05, 4.69) is 9.88 Å².